The molecule has 0 N–H and O–H groups in total. The second kappa shape index (κ2) is 15.6. The van der Waals surface area contributed by atoms with Gasteiger partial charge >= 0.3 is 5.97 Å². The van der Waals surface area contributed by atoms with E-state index in [1.54, 1.807) is 6.92 Å². The van der Waals surface area contributed by atoms with E-state index in [4.69, 9.17) is 9.47 Å². The first-order valence-corrected chi connectivity index (χ1v) is 13.4. The smallest absolute Gasteiger partial charge is 0.333 e. The van der Waals surface area contributed by atoms with Gasteiger partial charge in [0.2, 0.25) is 0 Å². The van der Waals surface area contributed by atoms with Crippen molar-refractivity contribution < 1.29 is 23.0 Å². The summed E-state index contributed by atoms with van der Waals surface area (Å²) in [7, 11) is 0. The first kappa shape index (κ1) is 28.9. The lowest BCUT2D eigenvalue weighted by atomic mass is 10.1. The molecule has 0 bridgehead atoms. The highest BCUT2D eigenvalue weighted by Crippen LogP contribution is 2.22. The van der Waals surface area contributed by atoms with E-state index in [9.17, 15) is 13.6 Å². The van der Waals surface area contributed by atoms with Crippen LogP contribution in [0.25, 0.3) is 10.8 Å². The van der Waals surface area contributed by atoms with Crippen LogP contribution in [0.15, 0.2) is 66.7 Å². The van der Waals surface area contributed by atoms with Crippen molar-refractivity contribution in [3.63, 3.8) is 0 Å². The number of halogens is 2. The Balaban J connectivity index is 1.28. The van der Waals surface area contributed by atoms with Crippen molar-refractivity contribution in [3.8, 4) is 17.6 Å². The molecule has 0 aliphatic carbocycles. The maximum absolute atomic E-state index is 13.4. The van der Waals surface area contributed by atoms with Crippen LogP contribution >= 0.6 is 0 Å². The molecule has 0 amide bonds. The molecule has 0 aliphatic rings. The summed E-state index contributed by atoms with van der Waals surface area (Å²) in [6.45, 7) is 6.43. The summed E-state index contributed by atoms with van der Waals surface area (Å²) < 4.78 is 37.5. The summed E-state index contributed by atoms with van der Waals surface area (Å²) in [6, 6.07) is 15.5. The van der Waals surface area contributed by atoms with Crippen molar-refractivity contribution in [2.24, 2.45) is 0 Å². The lowest BCUT2D eigenvalue weighted by molar-refractivity contribution is -0.139. The number of rotatable bonds is 14. The molecular weight excluding hydrogens is 482 g/mol. The van der Waals surface area contributed by atoms with E-state index in [0.717, 1.165) is 59.9 Å². The third kappa shape index (κ3) is 10.0. The Kier molecular flexibility index (Phi) is 11.8. The number of esters is 1. The molecule has 0 spiro atoms. The van der Waals surface area contributed by atoms with Crippen LogP contribution in [-0.4, -0.2) is 19.2 Å². The molecule has 0 atom stereocenters. The van der Waals surface area contributed by atoms with E-state index >= 15 is 0 Å². The lowest BCUT2D eigenvalue weighted by Crippen LogP contribution is -2.05. The number of carbonyl (C=O) groups is 1. The van der Waals surface area contributed by atoms with Crippen LogP contribution in [0.4, 0.5) is 8.78 Å². The van der Waals surface area contributed by atoms with E-state index < -0.39 is 11.6 Å². The minimum Gasteiger partial charge on any atom is -0.494 e. The van der Waals surface area contributed by atoms with Gasteiger partial charge in [0, 0.05) is 16.7 Å². The molecular formula is C33H36F2O3. The molecule has 0 saturated heterocycles. The highest BCUT2D eigenvalue weighted by atomic mass is 19.2. The summed E-state index contributed by atoms with van der Waals surface area (Å²) in [5.41, 5.74) is 1.69. The van der Waals surface area contributed by atoms with Gasteiger partial charge in [0.1, 0.15) is 5.75 Å². The zero-order valence-corrected chi connectivity index (χ0v) is 22.2. The Bertz CT molecular complexity index is 1290. The van der Waals surface area contributed by atoms with Crippen LogP contribution in [0.5, 0.6) is 5.75 Å². The molecule has 3 aromatic rings. The minimum absolute atomic E-state index is 0.296. The predicted molar refractivity (Wildman–Crippen MR) is 149 cm³/mol. The maximum Gasteiger partial charge on any atom is 0.333 e. The molecule has 0 aliphatic heterocycles. The maximum atomic E-state index is 13.4. The van der Waals surface area contributed by atoms with Gasteiger partial charge < -0.3 is 9.47 Å². The van der Waals surface area contributed by atoms with Gasteiger partial charge in [-0.25, -0.2) is 13.6 Å². The molecule has 38 heavy (non-hydrogen) atoms. The van der Waals surface area contributed by atoms with Crippen molar-refractivity contribution >= 4 is 16.7 Å². The Morgan fingerprint density at radius 3 is 1.92 bits per heavy atom. The molecule has 5 heteroatoms. The minimum atomic E-state index is -0.896. The second-order valence-electron chi connectivity index (χ2n) is 9.55. The Hall–Kier alpha value is -3.65. The van der Waals surface area contributed by atoms with Crippen LogP contribution in [0.1, 0.15) is 75.8 Å². The predicted octanol–water partition coefficient (Wildman–Crippen LogP) is 8.53. The van der Waals surface area contributed by atoms with Gasteiger partial charge in [0.05, 0.1) is 13.2 Å². The molecule has 200 valence electrons. The van der Waals surface area contributed by atoms with Gasteiger partial charge in [-0.3, -0.25) is 0 Å². The van der Waals surface area contributed by atoms with Crippen LogP contribution in [-0.2, 0) is 9.53 Å². The zero-order chi connectivity index (χ0) is 27.2. The van der Waals surface area contributed by atoms with Crippen molar-refractivity contribution in [1.29, 1.82) is 0 Å². The summed E-state index contributed by atoms with van der Waals surface area (Å²) in [6.07, 6.45) is 10.3. The number of unbranched alkanes of at least 4 members (excludes halogenated alkanes) is 8. The third-order valence-electron chi connectivity index (χ3n) is 6.22. The molecule has 0 saturated carbocycles. The first-order chi connectivity index (χ1) is 18.4. The van der Waals surface area contributed by atoms with E-state index in [-0.39, 0.29) is 5.97 Å². The van der Waals surface area contributed by atoms with E-state index in [0.29, 0.717) is 24.4 Å². The van der Waals surface area contributed by atoms with Gasteiger partial charge in [0.25, 0.3) is 0 Å². The normalized spacial score (nSPS) is 10.6. The standard InChI is InChI=1S/C33H36F2O3/c1-25(2)33(36)38-21-11-9-7-5-3-4-6-8-10-20-37-30-18-17-28-22-26(14-16-29(28)24-30)12-13-27-15-19-31(34)32(35)23-27/h14-19,22-24H,1,3-11,20-21H2,2H3. The number of hydrogen-bond acceptors (Lipinski definition) is 3. The van der Waals surface area contributed by atoms with Crippen molar-refractivity contribution in [2.75, 3.05) is 13.2 Å². The first-order valence-electron chi connectivity index (χ1n) is 13.4. The summed E-state index contributed by atoms with van der Waals surface area (Å²) >= 11 is 0. The number of ether oxygens (including phenoxy) is 2. The molecule has 0 aromatic heterocycles. The quantitative estimate of drug-likeness (QED) is 0.0928. The molecule has 0 fully saturated rings. The Labute approximate surface area is 224 Å². The van der Waals surface area contributed by atoms with Crippen LogP contribution in [0.3, 0.4) is 0 Å². The summed E-state index contributed by atoms with van der Waals surface area (Å²) in [5.74, 6) is 4.67. The van der Waals surface area contributed by atoms with E-state index in [1.165, 1.54) is 38.2 Å². The van der Waals surface area contributed by atoms with Gasteiger partial charge in [0.15, 0.2) is 11.6 Å². The summed E-state index contributed by atoms with van der Waals surface area (Å²) in [5, 5.41) is 2.11. The second-order valence-corrected chi connectivity index (χ2v) is 9.55. The monoisotopic (exact) mass is 518 g/mol. The van der Waals surface area contributed by atoms with Gasteiger partial charge in [-0.15, -0.1) is 0 Å². The molecule has 3 rings (SSSR count). The SMILES string of the molecule is C=C(C)C(=O)OCCCCCCCCCCCOc1ccc2cc(C#Cc3ccc(F)c(F)c3)ccc2c1. The van der Waals surface area contributed by atoms with Crippen LogP contribution in [0.2, 0.25) is 0 Å². The van der Waals surface area contributed by atoms with Crippen molar-refractivity contribution in [3.05, 3.63) is 89.5 Å². The highest BCUT2D eigenvalue weighted by Gasteiger charge is 2.03. The molecule has 3 nitrogen and oxygen atoms in total. The topological polar surface area (TPSA) is 35.5 Å². The molecule has 0 radical (unpaired) electrons. The van der Waals surface area contributed by atoms with Gasteiger partial charge in [-0.2, -0.15) is 0 Å². The van der Waals surface area contributed by atoms with Crippen LogP contribution in [0, 0.1) is 23.5 Å². The number of hydrogen-bond donors (Lipinski definition) is 0. The highest BCUT2D eigenvalue weighted by molar-refractivity contribution is 5.87. The van der Waals surface area contributed by atoms with Gasteiger partial charge in [-0.1, -0.05) is 75.5 Å². The average Bonchev–Trinajstić information content (AvgIpc) is 2.91. The average molecular weight is 519 g/mol. The molecule has 3 aromatic carbocycles. The lowest BCUT2D eigenvalue weighted by Gasteiger charge is -2.08. The zero-order valence-electron chi connectivity index (χ0n) is 22.2. The Morgan fingerprint density at radius 1 is 0.711 bits per heavy atom. The fourth-order valence-corrected chi connectivity index (χ4v) is 4.03. The van der Waals surface area contributed by atoms with Crippen LogP contribution < -0.4 is 4.74 Å². The fourth-order valence-electron chi connectivity index (χ4n) is 4.03. The van der Waals surface area contributed by atoms with Crippen molar-refractivity contribution in [1.82, 2.24) is 0 Å². The number of benzene rings is 3. The number of fused-ring (bicyclic) bond motifs is 1. The third-order valence-corrected chi connectivity index (χ3v) is 6.22. The largest absolute Gasteiger partial charge is 0.494 e. The fraction of sp³-hybridized carbons (Fsp3) is 0.364. The van der Waals surface area contributed by atoms with Crippen molar-refractivity contribution in [2.45, 2.75) is 64.7 Å². The number of carbonyl (C=O) groups excluding carboxylic acids is 1. The summed E-state index contributed by atoms with van der Waals surface area (Å²) in [4.78, 5) is 11.3. The van der Waals surface area contributed by atoms with Gasteiger partial charge in [-0.05, 0) is 73.0 Å². The Morgan fingerprint density at radius 2 is 1.26 bits per heavy atom. The molecule has 0 heterocycles. The van der Waals surface area contributed by atoms with E-state index in [1.807, 2.05) is 36.4 Å². The molecule has 0 unspecified atom stereocenters. The van der Waals surface area contributed by atoms with E-state index in [2.05, 4.69) is 18.4 Å².